The van der Waals surface area contributed by atoms with E-state index in [1.165, 1.54) is 42.5 Å². The quantitative estimate of drug-likeness (QED) is 0.275. The van der Waals surface area contributed by atoms with Crippen LogP contribution in [0.2, 0.25) is 0 Å². The van der Waals surface area contributed by atoms with Crippen LogP contribution in [-0.2, 0) is 0 Å². The molecule has 0 aromatic rings. The van der Waals surface area contributed by atoms with Gasteiger partial charge in [0.2, 0.25) is 0 Å². The molecule has 28 heavy (non-hydrogen) atoms. The van der Waals surface area contributed by atoms with Gasteiger partial charge in [0.15, 0.2) is 0 Å². The fourth-order valence-electron chi connectivity index (χ4n) is 5.72. The lowest BCUT2D eigenvalue weighted by molar-refractivity contribution is 0.288. The number of nitrogens with zero attached hydrogens (tertiary/aromatic N) is 1. The first-order valence-corrected chi connectivity index (χ1v) is 11.7. The highest BCUT2D eigenvalue weighted by molar-refractivity contribution is 5.30. The van der Waals surface area contributed by atoms with Crippen molar-refractivity contribution in [3.63, 3.8) is 0 Å². The van der Waals surface area contributed by atoms with Crippen LogP contribution in [0.1, 0.15) is 87.0 Å². The summed E-state index contributed by atoms with van der Waals surface area (Å²) in [5.41, 5.74) is 10.3. The number of rotatable bonds is 10. The van der Waals surface area contributed by atoms with Crippen LogP contribution in [0, 0.1) is 29.1 Å². The monoisotopic (exact) mass is 383 g/mol. The van der Waals surface area contributed by atoms with E-state index < -0.39 is 0 Å². The summed E-state index contributed by atoms with van der Waals surface area (Å²) in [5, 5.41) is 0. The van der Waals surface area contributed by atoms with Crippen molar-refractivity contribution in [2.75, 3.05) is 14.1 Å². The Labute approximate surface area is 175 Å². The van der Waals surface area contributed by atoms with Crippen molar-refractivity contribution in [3.8, 4) is 0 Å². The molecule has 0 radical (unpaired) electrons. The van der Waals surface area contributed by atoms with Crippen LogP contribution in [0.15, 0.2) is 40.3 Å². The van der Waals surface area contributed by atoms with E-state index in [4.69, 9.17) is 0 Å². The molecule has 0 aromatic carbocycles. The molecule has 0 N–H and O–H groups in total. The SMILES string of the molecule is CC=C(C(=CCC1CC2C1C2(CC)CC(=C=C(C)C(C)C)CC)CC)N(C)C. The molecule has 1 heteroatoms. The molecule has 2 aliphatic rings. The van der Waals surface area contributed by atoms with Gasteiger partial charge in [-0.2, -0.15) is 0 Å². The van der Waals surface area contributed by atoms with Crippen LogP contribution in [0.25, 0.3) is 0 Å². The summed E-state index contributed by atoms with van der Waals surface area (Å²) in [6.07, 6.45) is 12.4. The predicted octanol–water partition coefficient (Wildman–Crippen LogP) is 7.77. The van der Waals surface area contributed by atoms with E-state index in [9.17, 15) is 0 Å². The summed E-state index contributed by atoms with van der Waals surface area (Å²) in [6, 6.07) is 0. The van der Waals surface area contributed by atoms with Gasteiger partial charge in [0.05, 0.1) is 0 Å². The molecule has 0 spiro atoms. The largest absolute Gasteiger partial charge is 0.378 e. The molecular weight excluding hydrogens is 338 g/mol. The average molecular weight is 384 g/mol. The van der Waals surface area contributed by atoms with Crippen LogP contribution >= 0.6 is 0 Å². The van der Waals surface area contributed by atoms with E-state index >= 15 is 0 Å². The molecule has 0 aromatic heterocycles. The third-order valence-corrected chi connectivity index (χ3v) is 7.79. The van der Waals surface area contributed by atoms with E-state index in [2.05, 4.69) is 85.3 Å². The maximum atomic E-state index is 3.78. The first kappa shape index (κ1) is 23.1. The molecule has 0 aliphatic heterocycles. The number of fused-ring (bicyclic) bond motifs is 1. The summed E-state index contributed by atoms with van der Waals surface area (Å²) < 4.78 is 0. The highest BCUT2D eigenvalue weighted by atomic mass is 15.1. The Balaban J connectivity index is 2.10. The molecule has 158 valence electrons. The molecule has 2 rings (SSSR count). The Morgan fingerprint density at radius 2 is 1.86 bits per heavy atom. The van der Waals surface area contributed by atoms with Gasteiger partial charge in [0.25, 0.3) is 0 Å². The summed E-state index contributed by atoms with van der Waals surface area (Å²) in [7, 11) is 4.32. The van der Waals surface area contributed by atoms with Crippen LogP contribution in [0.3, 0.4) is 0 Å². The minimum atomic E-state index is 0.589. The van der Waals surface area contributed by atoms with E-state index in [1.807, 2.05) is 0 Å². The minimum Gasteiger partial charge on any atom is -0.378 e. The van der Waals surface area contributed by atoms with E-state index in [0.29, 0.717) is 11.3 Å². The van der Waals surface area contributed by atoms with Crippen molar-refractivity contribution < 1.29 is 0 Å². The van der Waals surface area contributed by atoms with Crippen molar-refractivity contribution in [1.82, 2.24) is 4.90 Å². The third-order valence-electron chi connectivity index (χ3n) is 7.79. The summed E-state index contributed by atoms with van der Waals surface area (Å²) in [5.74, 6) is 3.46. The smallest absolute Gasteiger partial charge is 0.0346 e. The van der Waals surface area contributed by atoms with Gasteiger partial charge in [0.1, 0.15) is 0 Å². The lowest BCUT2D eigenvalue weighted by atomic mass is 9.82. The van der Waals surface area contributed by atoms with Crippen LogP contribution in [0.4, 0.5) is 0 Å². The number of hydrogen-bond acceptors (Lipinski definition) is 1. The molecule has 4 unspecified atom stereocenters. The van der Waals surface area contributed by atoms with Gasteiger partial charge in [-0.1, -0.05) is 46.8 Å². The maximum Gasteiger partial charge on any atom is 0.0346 e. The van der Waals surface area contributed by atoms with E-state index in [-0.39, 0.29) is 0 Å². The average Bonchev–Trinajstić information content (AvgIpc) is 3.16. The molecule has 2 fully saturated rings. The van der Waals surface area contributed by atoms with Gasteiger partial charge in [0, 0.05) is 19.8 Å². The normalized spacial score (nSPS) is 29.1. The zero-order valence-corrected chi connectivity index (χ0v) is 20.2. The lowest BCUT2D eigenvalue weighted by Crippen LogP contribution is -2.16. The van der Waals surface area contributed by atoms with Gasteiger partial charge in [-0.3, -0.25) is 0 Å². The van der Waals surface area contributed by atoms with Crippen molar-refractivity contribution in [2.45, 2.75) is 87.0 Å². The first-order valence-electron chi connectivity index (χ1n) is 11.7. The number of hydrogen-bond donors (Lipinski definition) is 0. The predicted molar refractivity (Wildman–Crippen MR) is 124 cm³/mol. The van der Waals surface area contributed by atoms with Crippen LogP contribution < -0.4 is 0 Å². The second kappa shape index (κ2) is 9.53. The number of likely N-dealkylation sites (N-methyl/N-ethyl adjacent to an activating group) is 1. The Hall–Kier alpha value is -1.20. The molecule has 0 heterocycles. The van der Waals surface area contributed by atoms with Crippen molar-refractivity contribution in [3.05, 3.63) is 40.3 Å². The van der Waals surface area contributed by atoms with E-state index in [0.717, 1.165) is 30.6 Å². The van der Waals surface area contributed by atoms with Gasteiger partial charge in [-0.25, -0.2) is 0 Å². The Morgan fingerprint density at radius 3 is 2.32 bits per heavy atom. The topological polar surface area (TPSA) is 3.24 Å². The third kappa shape index (κ3) is 4.51. The Morgan fingerprint density at radius 1 is 1.18 bits per heavy atom. The molecule has 2 aliphatic carbocycles. The minimum absolute atomic E-state index is 0.589. The molecule has 0 amide bonds. The molecule has 0 bridgehead atoms. The molecule has 0 saturated heterocycles. The number of allylic oxidation sites excluding steroid dienone is 4. The first-order chi connectivity index (χ1) is 13.2. The zero-order chi connectivity index (χ0) is 21.1. The molecule has 4 atom stereocenters. The second-order valence-corrected chi connectivity index (χ2v) is 9.70. The maximum absolute atomic E-state index is 3.78. The van der Waals surface area contributed by atoms with E-state index in [1.54, 1.807) is 5.57 Å². The second-order valence-electron chi connectivity index (χ2n) is 9.70. The molecule has 2 saturated carbocycles. The molecular formula is C27H45N. The Bertz CT molecular complexity index is 668. The fourth-order valence-corrected chi connectivity index (χ4v) is 5.72. The van der Waals surface area contributed by atoms with Gasteiger partial charge in [-0.15, -0.1) is 5.73 Å². The van der Waals surface area contributed by atoms with Crippen molar-refractivity contribution in [2.24, 2.45) is 29.1 Å². The summed E-state index contributed by atoms with van der Waals surface area (Å²) in [4.78, 5) is 2.26. The standard InChI is InChI=1S/C27H45N/c1-10-21(16-20(7)19(5)6)18-27(13-4)24-17-23(26(24)27)15-14-22(11-2)25(12-3)28(8)9/h12,14,19,23-24,26H,10-11,13,15,17-18H2,1-9H3. The lowest BCUT2D eigenvalue weighted by Gasteiger charge is -2.25. The Kier molecular flexibility index (Phi) is 7.86. The highest BCUT2D eigenvalue weighted by Gasteiger charge is 2.71. The van der Waals surface area contributed by atoms with Crippen LogP contribution in [0.5, 0.6) is 0 Å². The zero-order valence-electron chi connectivity index (χ0n) is 20.2. The highest BCUT2D eigenvalue weighted by Crippen LogP contribution is 2.77. The van der Waals surface area contributed by atoms with Crippen molar-refractivity contribution >= 4 is 0 Å². The van der Waals surface area contributed by atoms with Gasteiger partial charge < -0.3 is 4.90 Å². The summed E-state index contributed by atoms with van der Waals surface area (Å²) in [6.45, 7) is 16.0. The van der Waals surface area contributed by atoms with Gasteiger partial charge in [-0.05, 0) is 98.2 Å². The summed E-state index contributed by atoms with van der Waals surface area (Å²) >= 11 is 0. The molecule has 1 nitrogen and oxygen atoms in total. The van der Waals surface area contributed by atoms with Crippen molar-refractivity contribution in [1.29, 1.82) is 0 Å². The van der Waals surface area contributed by atoms with Crippen LogP contribution in [-0.4, -0.2) is 19.0 Å². The van der Waals surface area contributed by atoms with Gasteiger partial charge >= 0.3 is 0 Å². The fraction of sp³-hybridized carbons (Fsp3) is 0.741.